The van der Waals surface area contributed by atoms with Crippen molar-refractivity contribution in [2.24, 2.45) is 0 Å². The van der Waals surface area contributed by atoms with E-state index in [0.717, 1.165) is 40.7 Å². The summed E-state index contributed by atoms with van der Waals surface area (Å²) < 4.78 is 5.85. The number of amides is 1. The molecule has 4 nitrogen and oxygen atoms in total. The fourth-order valence-corrected chi connectivity index (χ4v) is 2.72. The molecule has 1 heterocycles. The first-order valence-electron chi connectivity index (χ1n) is 8.58. The molecule has 1 aromatic heterocycles. The molecule has 0 unspecified atom stereocenters. The molecule has 1 amide bonds. The molecule has 128 valence electrons. The number of nitrogens with one attached hydrogen (secondary N) is 1. The van der Waals surface area contributed by atoms with Gasteiger partial charge in [0.15, 0.2) is 0 Å². The van der Waals surface area contributed by atoms with Crippen LogP contribution in [0.4, 0.5) is 5.69 Å². The largest absolute Gasteiger partial charge is 0.491 e. The van der Waals surface area contributed by atoms with Crippen molar-refractivity contribution in [3.63, 3.8) is 0 Å². The average molecular weight is 334 g/mol. The van der Waals surface area contributed by atoms with Gasteiger partial charge in [-0.3, -0.25) is 9.78 Å². The molecule has 3 rings (SSSR count). The molecule has 0 fully saturated rings. The highest BCUT2D eigenvalue weighted by atomic mass is 16.5. The van der Waals surface area contributed by atoms with E-state index in [9.17, 15) is 4.79 Å². The molecule has 0 saturated heterocycles. The molecule has 0 bridgehead atoms. The van der Waals surface area contributed by atoms with Crippen molar-refractivity contribution in [2.45, 2.75) is 26.7 Å². The summed E-state index contributed by atoms with van der Waals surface area (Å²) in [6, 6.07) is 15.1. The molecular formula is C21H22N2O2. The van der Waals surface area contributed by atoms with Crippen LogP contribution in [0.5, 0.6) is 5.75 Å². The number of rotatable bonds is 6. The SMILES string of the molecule is CCCCOc1ccc(NC(=O)c2ccccc2C)c2cccnc12. The minimum atomic E-state index is -0.122. The second-order valence-corrected chi connectivity index (χ2v) is 5.98. The maximum absolute atomic E-state index is 12.6. The van der Waals surface area contributed by atoms with Crippen molar-refractivity contribution in [3.8, 4) is 5.75 Å². The summed E-state index contributed by atoms with van der Waals surface area (Å²) in [5.74, 6) is 0.626. The van der Waals surface area contributed by atoms with E-state index in [0.29, 0.717) is 12.2 Å². The zero-order valence-corrected chi connectivity index (χ0v) is 14.6. The number of hydrogen-bond donors (Lipinski definition) is 1. The Morgan fingerprint density at radius 1 is 1.12 bits per heavy atom. The summed E-state index contributed by atoms with van der Waals surface area (Å²) in [5.41, 5.74) is 3.12. The molecule has 0 saturated carbocycles. The minimum absolute atomic E-state index is 0.122. The Morgan fingerprint density at radius 2 is 1.96 bits per heavy atom. The van der Waals surface area contributed by atoms with Gasteiger partial charge in [-0.2, -0.15) is 0 Å². The maximum atomic E-state index is 12.6. The summed E-state index contributed by atoms with van der Waals surface area (Å²) in [5, 5.41) is 3.88. The molecule has 0 aliphatic heterocycles. The van der Waals surface area contributed by atoms with E-state index in [1.807, 2.05) is 55.5 Å². The van der Waals surface area contributed by atoms with E-state index >= 15 is 0 Å². The van der Waals surface area contributed by atoms with Crippen LogP contribution >= 0.6 is 0 Å². The summed E-state index contributed by atoms with van der Waals surface area (Å²) >= 11 is 0. The van der Waals surface area contributed by atoms with Gasteiger partial charge in [0.05, 0.1) is 12.3 Å². The molecule has 2 aromatic carbocycles. The smallest absolute Gasteiger partial charge is 0.255 e. The lowest BCUT2D eigenvalue weighted by molar-refractivity contribution is 0.102. The van der Waals surface area contributed by atoms with Gasteiger partial charge in [-0.15, -0.1) is 0 Å². The molecule has 0 aliphatic carbocycles. The lowest BCUT2D eigenvalue weighted by Crippen LogP contribution is -2.13. The second kappa shape index (κ2) is 7.79. The highest BCUT2D eigenvalue weighted by molar-refractivity contribution is 6.10. The minimum Gasteiger partial charge on any atom is -0.491 e. The van der Waals surface area contributed by atoms with Gasteiger partial charge in [0.1, 0.15) is 11.3 Å². The number of anilines is 1. The third kappa shape index (κ3) is 3.79. The number of hydrogen-bond acceptors (Lipinski definition) is 3. The Labute approximate surface area is 147 Å². The van der Waals surface area contributed by atoms with Gasteiger partial charge in [-0.25, -0.2) is 0 Å². The lowest BCUT2D eigenvalue weighted by Gasteiger charge is -2.13. The normalized spacial score (nSPS) is 10.6. The number of aromatic nitrogens is 1. The Morgan fingerprint density at radius 3 is 2.76 bits per heavy atom. The summed E-state index contributed by atoms with van der Waals surface area (Å²) in [7, 11) is 0. The number of carbonyl (C=O) groups is 1. The van der Waals surface area contributed by atoms with E-state index in [-0.39, 0.29) is 5.91 Å². The molecule has 4 heteroatoms. The Balaban J connectivity index is 1.91. The zero-order valence-electron chi connectivity index (χ0n) is 14.6. The zero-order chi connectivity index (χ0) is 17.6. The highest BCUT2D eigenvalue weighted by Gasteiger charge is 2.13. The van der Waals surface area contributed by atoms with Gasteiger partial charge >= 0.3 is 0 Å². The monoisotopic (exact) mass is 334 g/mol. The predicted molar refractivity (Wildman–Crippen MR) is 101 cm³/mol. The number of carbonyl (C=O) groups excluding carboxylic acids is 1. The molecule has 3 aromatic rings. The lowest BCUT2D eigenvalue weighted by atomic mass is 10.1. The number of pyridine rings is 1. The van der Waals surface area contributed by atoms with E-state index in [1.165, 1.54) is 0 Å². The average Bonchev–Trinajstić information content (AvgIpc) is 2.64. The van der Waals surface area contributed by atoms with E-state index in [4.69, 9.17) is 4.74 Å². The van der Waals surface area contributed by atoms with Crippen LogP contribution in [0.15, 0.2) is 54.7 Å². The van der Waals surface area contributed by atoms with Gasteiger partial charge in [-0.1, -0.05) is 31.5 Å². The number of aryl methyl sites for hydroxylation is 1. The van der Waals surface area contributed by atoms with Gasteiger partial charge in [0, 0.05) is 17.1 Å². The van der Waals surface area contributed by atoms with Crippen molar-refractivity contribution >= 4 is 22.5 Å². The molecule has 0 radical (unpaired) electrons. The Hall–Kier alpha value is -2.88. The third-order valence-electron chi connectivity index (χ3n) is 4.13. The van der Waals surface area contributed by atoms with E-state index in [2.05, 4.69) is 17.2 Å². The first-order valence-corrected chi connectivity index (χ1v) is 8.58. The van der Waals surface area contributed by atoms with Crippen LogP contribution in [-0.4, -0.2) is 17.5 Å². The third-order valence-corrected chi connectivity index (χ3v) is 4.13. The molecule has 0 spiro atoms. The van der Waals surface area contributed by atoms with Gasteiger partial charge in [-0.05, 0) is 49.2 Å². The fraction of sp³-hybridized carbons (Fsp3) is 0.238. The number of benzene rings is 2. The van der Waals surface area contributed by atoms with Crippen LogP contribution < -0.4 is 10.1 Å². The van der Waals surface area contributed by atoms with Crippen molar-refractivity contribution in [2.75, 3.05) is 11.9 Å². The Kier molecular flexibility index (Phi) is 5.29. The van der Waals surface area contributed by atoms with Gasteiger partial charge in [0.25, 0.3) is 5.91 Å². The number of unbranched alkanes of at least 4 members (excludes halogenated alkanes) is 1. The summed E-state index contributed by atoms with van der Waals surface area (Å²) in [6.07, 6.45) is 3.82. The standard InChI is InChI=1S/C21H22N2O2/c1-3-4-14-25-19-12-11-18(17-10-7-13-22-20(17)19)23-21(24)16-9-6-5-8-15(16)2/h5-13H,3-4,14H2,1-2H3,(H,23,24). The van der Waals surface area contributed by atoms with E-state index < -0.39 is 0 Å². The molecule has 0 aliphatic rings. The van der Waals surface area contributed by atoms with Crippen molar-refractivity contribution in [1.82, 2.24) is 4.98 Å². The van der Waals surface area contributed by atoms with Crippen LogP contribution in [0.2, 0.25) is 0 Å². The van der Waals surface area contributed by atoms with Gasteiger partial charge < -0.3 is 10.1 Å². The molecular weight excluding hydrogens is 312 g/mol. The summed E-state index contributed by atoms with van der Waals surface area (Å²) in [4.78, 5) is 17.1. The van der Waals surface area contributed by atoms with Crippen molar-refractivity contribution < 1.29 is 9.53 Å². The number of fused-ring (bicyclic) bond motifs is 1. The topological polar surface area (TPSA) is 51.2 Å². The number of ether oxygens (including phenoxy) is 1. The highest BCUT2D eigenvalue weighted by Crippen LogP contribution is 2.30. The molecule has 0 atom stereocenters. The van der Waals surface area contributed by atoms with Crippen LogP contribution in [0, 0.1) is 6.92 Å². The van der Waals surface area contributed by atoms with Crippen LogP contribution in [-0.2, 0) is 0 Å². The predicted octanol–water partition coefficient (Wildman–Crippen LogP) is 4.97. The van der Waals surface area contributed by atoms with Crippen molar-refractivity contribution in [1.29, 1.82) is 0 Å². The second-order valence-electron chi connectivity index (χ2n) is 5.98. The number of nitrogens with zero attached hydrogens (tertiary/aromatic N) is 1. The van der Waals surface area contributed by atoms with Crippen LogP contribution in [0.25, 0.3) is 10.9 Å². The van der Waals surface area contributed by atoms with E-state index in [1.54, 1.807) is 6.20 Å². The fourth-order valence-electron chi connectivity index (χ4n) is 2.72. The van der Waals surface area contributed by atoms with Crippen molar-refractivity contribution in [3.05, 3.63) is 65.9 Å². The van der Waals surface area contributed by atoms with Gasteiger partial charge in [0.2, 0.25) is 0 Å². The van der Waals surface area contributed by atoms with Crippen LogP contribution in [0.3, 0.4) is 0 Å². The Bertz CT molecular complexity index is 890. The first kappa shape index (κ1) is 17.0. The molecule has 1 N–H and O–H groups in total. The van der Waals surface area contributed by atoms with Crippen LogP contribution in [0.1, 0.15) is 35.7 Å². The first-order chi connectivity index (χ1) is 12.2. The maximum Gasteiger partial charge on any atom is 0.255 e. The molecule has 25 heavy (non-hydrogen) atoms. The quantitative estimate of drug-likeness (QED) is 0.647. The summed E-state index contributed by atoms with van der Waals surface area (Å²) in [6.45, 7) is 4.72.